The molecular formula is C17H13IN6O. The first-order chi connectivity index (χ1) is 12.1. The summed E-state index contributed by atoms with van der Waals surface area (Å²) in [7, 11) is 0. The third-order valence-electron chi connectivity index (χ3n) is 3.82. The number of phenolic OH excluding ortho intramolecular Hbond substituents is 1. The number of hydrogen-bond donors (Lipinski definition) is 3. The number of aryl methyl sites for hydroxylation is 1. The van der Waals surface area contributed by atoms with Crippen LogP contribution in [0, 0.1) is 10.5 Å². The SMILES string of the molecule is Cc1cccc2c1[nH]c1nc(N/N=C/c3cc(I)ccc3O)nnc12. The molecule has 0 unspecified atom stereocenters. The zero-order chi connectivity index (χ0) is 17.4. The Morgan fingerprint density at radius 2 is 2.12 bits per heavy atom. The van der Waals surface area contributed by atoms with E-state index >= 15 is 0 Å². The van der Waals surface area contributed by atoms with Crippen LogP contribution >= 0.6 is 22.6 Å². The maximum absolute atomic E-state index is 9.81. The maximum Gasteiger partial charge on any atom is 0.265 e. The Bertz CT molecular complexity index is 1120. The third kappa shape index (κ3) is 3.00. The van der Waals surface area contributed by atoms with Gasteiger partial charge in [-0.15, -0.1) is 10.2 Å². The van der Waals surface area contributed by atoms with Crippen molar-refractivity contribution in [3.63, 3.8) is 0 Å². The highest BCUT2D eigenvalue weighted by Crippen LogP contribution is 2.24. The van der Waals surface area contributed by atoms with Crippen LogP contribution in [0.1, 0.15) is 11.1 Å². The number of fused-ring (bicyclic) bond motifs is 3. The van der Waals surface area contributed by atoms with E-state index in [1.807, 2.05) is 37.3 Å². The number of H-pyrrole nitrogens is 1. The van der Waals surface area contributed by atoms with E-state index in [1.165, 1.54) is 6.21 Å². The van der Waals surface area contributed by atoms with E-state index in [0.29, 0.717) is 11.2 Å². The molecule has 0 aliphatic rings. The number of phenols is 1. The number of anilines is 1. The van der Waals surface area contributed by atoms with Crippen molar-refractivity contribution < 1.29 is 5.11 Å². The Morgan fingerprint density at radius 3 is 3.00 bits per heavy atom. The molecule has 25 heavy (non-hydrogen) atoms. The van der Waals surface area contributed by atoms with Crippen LogP contribution in [0.15, 0.2) is 41.5 Å². The summed E-state index contributed by atoms with van der Waals surface area (Å²) in [5, 5.41) is 23.2. The number of hydrogen-bond acceptors (Lipinski definition) is 6. The molecule has 0 saturated heterocycles. The lowest BCUT2D eigenvalue weighted by Crippen LogP contribution is -1.99. The molecule has 0 aliphatic heterocycles. The minimum Gasteiger partial charge on any atom is -0.507 e. The number of nitrogens with zero attached hydrogens (tertiary/aromatic N) is 4. The van der Waals surface area contributed by atoms with Gasteiger partial charge in [0.05, 0.1) is 11.7 Å². The van der Waals surface area contributed by atoms with Crippen LogP contribution in [0.5, 0.6) is 5.75 Å². The predicted molar refractivity (Wildman–Crippen MR) is 106 cm³/mol. The average Bonchev–Trinajstić information content (AvgIpc) is 2.97. The van der Waals surface area contributed by atoms with Crippen molar-refractivity contribution in [3.8, 4) is 5.75 Å². The van der Waals surface area contributed by atoms with Gasteiger partial charge in [-0.05, 0) is 53.3 Å². The van der Waals surface area contributed by atoms with Crippen molar-refractivity contribution in [1.29, 1.82) is 0 Å². The lowest BCUT2D eigenvalue weighted by Gasteiger charge is -2.00. The van der Waals surface area contributed by atoms with Crippen LogP contribution in [0.3, 0.4) is 0 Å². The summed E-state index contributed by atoms with van der Waals surface area (Å²) in [4.78, 5) is 7.67. The Balaban J connectivity index is 1.64. The molecule has 2 heterocycles. The van der Waals surface area contributed by atoms with E-state index in [-0.39, 0.29) is 11.7 Å². The van der Waals surface area contributed by atoms with Crippen LogP contribution in [-0.2, 0) is 0 Å². The molecule has 0 radical (unpaired) electrons. The highest BCUT2D eigenvalue weighted by molar-refractivity contribution is 14.1. The molecule has 0 bridgehead atoms. The van der Waals surface area contributed by atoms with Crippen molar-refractivity contribution in [1.82, 2.24) is 20.2 Å². The summed E-state index contributed by atoms with van der Waals surface area (Å²) in [6.07, 6.45) is 1.51. The van der Waals surface area contributed by atoms with E-state index in [0.717, 1.165) is 25.6 Å². The number of benzene rings is 2. The number of hydrazone groups is 1. The van der Waals surface area contributed by atoms with Gasteiger partial charge in [-0.25, -0.2) is 5.43 Å². The zero-order valence-corrected chi connectivity index (χ0v) is 15.3. The third-order valence-corrected chi connectivity index (χ3v) is 4.49. The molecule has 0 atom stereocenters. The van der Waals surface area contributed by atoms with Crippen LogP contribution in [0.25, 0.3) is 22.1 Å². The second-order valence-corrected chi connectivity index (χ2v) is 6.77. The second kappa shape index (κ2) is 6.28. The van der Waals surface area contributed by atoms with Crippen LogP contribution in [0.2, 0.25) is 0 Å². The lowest BCUT2D eigenvalue weighted by molar-refractivity contribution is 0.474. The number of halogens is 1. The Hall–Kier alpha value is -2.75. The number of nitrogens with one attached hydrogen (secondary N) is 2. The van der Waals surface area contributed by atoms with E-state index < -0.39 is 0 Å². The first-order valence-electron chi connectivity index (χ1n) is 7.51. The van der Waals surface area contributed by atoms with Crippen molar-refractivity contribution in [2.75, 3.05) is 5.43 Å². The fraction of sp³-hybridized carbons (Fsp3) is 0.0588. The molecule has 124 valence electrons. The molecule has 0 spiro atoms. The van der Waals surface area contributed by atoms with Gasteiger partial charge in [0.25, 0.3) is 5.95 Å². The molecule has 8 heteroatoms. The van der Waals surface area contributed by atoms with Gasteiger partial charge >= 0.3 is 0 Å². The standard InChI is InChI=1S/C17H13IN6O/c1-9-3-2-4-12-14(9)20-16-15(12)22-24-17(21-16)23-19-8-10-7-11(18)5-6-13(10)25/h2-8,25H,1H3,(H2,20,21,23,24)/b19-8+. The largest absolute Gasteiger partial charge is 0.507 e. The van der Waals surface area contributed by atoms with Gasteiger partial charge in [0, 0.05) is 14.5 Å². The number of aromatic amines is 1. The van der Waals surface area contributed by atoms with Gasteiger partial charge in [0.1, 0.15) is 11.3 Å². The van der Waals surface area contributed by atoms with Gasteiger partial charge in [0.2, 0.25) is 0 Å². The van der Waals surface area contributed by atoms with E-state index in [4.69, 9.17) is 0 Å². The zero-order valence-electron chi connectivity index (χ0n) is 13.2. The number of para-hydroxylation sites is 1. The quantitative estimate of drug-likeness (QED) is 0.255. The first-order valence-corrected chi connectivity index (χ1v) is 8.59. The molecule has 3 N–H and O–H groups in total. The first kappa shape index (κ1) is 15.8. The average molecular weight is 444 g/mol. The minimum atomic E-state index is 0.159. The van der Waals surface area contributed by atoms with Gasteiger partial charge in [0.15, 0.2) is 5.65 Å². The van der Waals surface area contributed by atoms with Crippen molar-refractivity contribution in [2.24, 2.45) is 5.10 Å². The number of aromatic hydroxyl groups is 1. The van der Waals surface area contributed by atoms with Crippen molar-refractivity contribution in [2.45, 2.75) is 6.92 Å². The minimum absolute atomic E-state index is 0.159. The highest BCUT2D eigenvalue weighted by atomic mass is 127. The second-order valence-electron chi connectivity index (χ2n) is 5.53. The Morgan fingerprint density at radius 1 is 1.24 bits per heavy atom. The van der Waals surface area contributed by atoms with Gasteiger partial charge in [-0.2, -0.15) is 10.1 Å². The van der Waals surface area contributed by atoms with Crippen LogP contribution < -0.4 is 5.43 Å². The normalized spacial score (nSPS) is 11.6. The number of rotatable bonds is 3. The molecule has 0 fully saturated rings. The molecule has 0 saturated carbocycles. The molecule has 4 aromatic rings. The van der Waals surface area contributed by atoms with Crippen molar-refractivity contribution >= 4 is 56.8 Å². The van der Waals surface area contributed by atoms with E-state index in [1.54, 1.807) is 6.07 Å². The summed E-state index contributed by atoms with van der Waals surface area (Å²) < 4.78 is 1.00. The molecule has 2 aromatic heterocycles. The maximum atomic E-state index is 9.81. The summed E-state index contributed by atoms with van der Waals surface area (Å²) in [6, 6.07) is 11.3. The van der Waals surface area contributed by atoms with Crippen LogP contribution in [-0.4, -0.2) is 31.5 Å². The predicted octanol–water partition coefficient (Wildman–Crippen LogP) is 3.57. The Kier molecular flexibility index (Phi) is 3.96. The van der Waals surface area contributed by atoms with Gasteiger partial charge in [-0.3, -0.25) is 0 Å². The van der Waals surface area contributed by atoms with E-state index in [2.05, 4.69) is 53.3 Å². The fourth-order valence-corrected chi connectivity index (χ4v) is 3.09. The topological polar surface area (TPSA) is 99.1 Å². The molecule has 4 rings (SSSR count). The van der Waals surface area contributed by atoms with E-state index in [9.17, 15) is 5.11 Å². The Labute approximate surface area is 156 Å². The summed E-state index contributed by atoms with van der Waals surface area (Å²) >= 11 is 2.17. The number of aromatic nitrogens is 4. The molecule has 2 aromatic carbocycles. The fourth-order valence-electron chi connectivity index (χ4n) is 2.58. The molecule has 0 aliphatic carbocycles. The summed E-state index contributed by atoms with van der Waals surface area (Å²) in [5.74, 6) is 0.435. The van der Waals surface area contributed by atoms with Gasteiger partial charge < -0.3 is 10.1 Å². The highest BCUT2D eigenvalue weighted by Gasteiger charge is 2.10. The summed E-state index contributed by atoms with van der Waals surface area (Å²) in [5.41, 5.74) is 6.85. The van der Waals surface area contributed by atoms with Crippen LogP contribution in [0.4, 0.5) is 5.95 Å². The molecular weight excluding hydrogens is 431 g/mol. The smallest absolute Gasteiger partial charge is 0.265 e. The lowest BCUT2D eigenvalue weighted by atomic mass is 10.1. The van der Waals surface area contributed by atoms with Gasteiger partial charge in [-0.1, -0.05) is 18.2 Å². The molecule has 0 amide bonds. The summed E-state index contributed by atoms with van der Waals surface area (Å²) in [6.45, 7) is 2.03. The van der Waals surface area contributed by atoms with Crippen molar-refractivity contribution in [3.05, 3.63) is 51.1 Å². The molecule has 7 nitrogen and oxygen atoms in total. The monoisotopic (exact) mass is 444 g/mol.